The normalized spacial score (nSPS) is 23.8. The zero-order chi connectivity index (χ0) is 7.52. The second-order valence-electron chi connectivity index (χ2n) is 2.75. The van der Waals surface area contributed by atoms with Gasteiger partial charge >= 0.3 is 0 Å². The van der Waals surface area contributed by atoms with Gasteiger partial charge in [0.05, 0.1) is 0 Å². The highest BCUT2D eigenvalue weighted by molar-refractivity contribution is 5.01. The molecule has 0 bridgehead atoms. The summed E-state index contributed by atoms with van der Waals surface area (Å²) in [4.78, 5) is 0. The van der Waals surface area contributed by atoms with Crippen molar-refractivity contribution < 1.29 is 0 Å². The van der Waals surface area contributed by atoms with Gasteiger partial charge in [0.1, 0.15) is 0 Å². The van der Waals surface area contributed by atoms with Gasteiger partial charge < -0.3 is 0 Å². The van der Waals surface area contributed by atoms with Crippen LogP contribution in [0.25, 0.3) is 0 Å². The van der Waals surface area contributed by atoms with Crippen molar-refractivity contribution in [2.45, 2.75) is 25.2 Å². The fourth-order valence-corrected chi connectivity index (χ4v) is 1.37. The number of aromatic amines is 1. The highest BCUT2D eigenvalue weighted by Gasteiger charge is 2.15. The summed E-state index contributed by atoms with van der Waals surface area (Å²) < 4.78 is 0. The Morgan fingerprint density at radius 1 is 1.45 bits per heavy atom. The molecule has 4 nitrogen and oxygen atoms in total. The molecule has 4 heteroatoms. The highest BCUT2D eigenvalue weighted by Crippen LogP contribution is 2.25. The van der Waals surface area contributed by atoms with Crippen molar-refractivity contribution >= 4 is 0 Å². The Labute approximate surface area is 64.7 Å². The van der Waals surface area contributed by atoms with Crippen LogP contribution in [-0.2, 0) is 0 Å². The van der Waals surface area contributed by atoms with Crippen LogP contribution in [-0.4, -0.2) is 20.6 Å². The predicted octanol–water partition coefficient (Wildman–Crippen LogP) is 1.02. The number of hydrogen-bond donors (Lipinski definition) is 1. The van der Waals surface area contributed by atoms with E-state index in [1.54, 1.807) is 0 Å². The summed E-state index contributed by atoms with van der Waals surface area (Å²) in [6.45, 7) is 0. The Morgan fingerprint density at radius 2 is 2.45 bits per heavy atom. The Bertz CT molecular complexity index is 239. The Kier molecular flexibility index (Phi) is 1.67. The molecule has 0 saturated heterocycles. The summed E-state index contributed by atoms with van der Waals surface area (Å²) in [6, 6.07) is 0. The molecular weight excluding hydrogens is 140 g/mol. The zero-order valence-corrected chi connectivity index (χ0v) is 6.20. The molecule has 0 amide bonds. The molecule has 0 aliphatic heterocycles. The van der Waals surface area contributed by atoms with Gasteiger partial charge in [-0.25, -0.2) is 0 Å². The number of H-pyrrole nitrogens is 1. The van der Waals surface area contributed by atoms with E-state index in [4.69, 9.17) is 0 Å². The first-order valence-electron chi connectivity index (χ1n) is 3.85. The fraction of sp³-hybridized carbons (Fsp3) is 0.571. The topological polar surface area (TPSA) is 54.5 Å². The number of hydrogen-bond acceptors (Lipinski definition) is 3. The SMILES string of the molecule is C1=CC[C@H](c2nn[nH]n2)CC1. The summed E-state index contributed by atoms with van der Waals surface area (Å²) in [5.41, 5.74) is 0. The van der Waals surface area contributed by atoms with E-state index in [1.807, 2.05) is 0 Å². The van der Waals surface area contributed by atoms with Crippen molar-refractivity contribution in [3.05, 3.63) is 18.0 Å². The van der Waals surface area contributed by atoms with Crippen LogP contribution >= 0.6 is 0 Å². The molecule has 1 aromatic heterocycles. The molecule has 0 fully saturated rings. The minimum Gasteiger partial charge on any atom is -0.177 e. The van der Waals surface area contributed by atoms with Gasteiger partial charge in [-0.05, 0) is 19.3 Å². The largest absolute Gasteiger partial charge is 0.177 e. The molecule has 0 radical (unpaired) electrons. The van der Waals surface area contributed by atoms with Crippen molar-refractivity contribution in [2.75, 3.05) is 0 Å². The summed E-state index contributed by atoms with van der Waals surface area (Å²) in [5.74, 6) is 1.34. The molecule has 0 unspecified atom stereocenters. The molecule has 0 saturated carbocycles. The third kappa shape index (κ3) is 1.29. The average molecular weight is 150 g/mol. The van der Waals surface area contributed by atoms with Gasteiger partial charge in [-0.3, -0.25) is 0 Å². The standard InChI is InChI=1S/C7H10N4/c1-2-4-6(5-3-1)7-8-10-11-9-7/h1-2,6H,3-5H2,(H,8,9,10,11)/t6-/m0/s1. The average Bonchev–Trinajstić information content (AvgIpc) is 2.58. The van der Waals surface area contributed by atoms with Crippen molar-refractivity contribution in [3.63, 3.8) is 0 Å². The van der Waals surface area contributed by atoms with Crippen molar-refractivity contribution in [1.29, 1.82) is 0 Å². The third-order valence-electron chi connectivity index (χ3n) is 2.00. The lowest BCUT2D eigenvalue weighted by Gasteiger charge is -2.12. The maximum Gasteiger partial charge on any atom is 0.177 e. The molecule has 11 heavy (non-hydrogen) atoms. The van der Waals surface area contributed by atoms with Gasteiger partial charge in [0.15, 0.2) is 5.82 Å². The number of tetrazole rings is 1. The molecule has 1 heterocycles. The molecule has 58 valence electrons. The van der Waals surface area contributed by atoms with E-state index in [1.165, 1.54) is 0 Å². The lowest BCUT2D eigenvalue weighted by molar-refractivity contribution is 0.583. The first kappa shape index (κ1) is 6.52. The fourth-order valence-electron chi connectivity index (χ4n) is 1.37. The van der Waals surface area contributed by atoms with E-state index in [0.29, 0.717) is 5.92 Å². The Balaban J connectivity index is 2.11. The van der Waals surface area contributed by atoms with E-state index < -0.39 is 0 Å². The first-order chi connectivity index (χ1) is 5.47. The molecule has 1 aromatic rings. The molecule has 2 rings (SSSR count). The summed E-state index contributed by atoms with van der Waals surface area (Å²) in [7, 11) is 0. The van der Waals surface area contributed by atoms with Crippen LogP contribution in [0.15, 0.2) is 12.2 Å². The summed E-state index contributed by atoms with van der Waals surface area (Å²) in [6.07, 6.45) is 7.73. The maximum absolute atomic E-state index is 3.96. The monoisotopic (exact) mass is 150 g/mol. The van der Waals surface area contributed by atoms with Crippen LogP contribution in [0.1, 0.15) is 31.0 Å². The lowest BCUT2D eigenvalue weighted by Crippen LogP contribution is -2.02. The van der Waals surface area contributed by atoms with Crippen LogP contribution < -0.4 is 0 Å². The summed E-state index contributed by atoms with van der Waals surface area (Å²) in [5, 5.41) is 13.9. The number of rotatable bonds is 1. The van der Waals surface area contributed by atoms with Gasteiger partial charge in [-0.1, -0.05) is 17.4 Å². The third-order valence-corrected chi connectivity index (χ3v) is 2.00. The van der Waals surface area contributed by atoms with Crippen LogP contribution in [0.3, 0.4) is 0 Å². The minimum atomic E-state index is 0.485. The zero-order valence-electron chi connectivity index (χ0n) is 6.20. The second-order valence-corrected chi connectivity index (χ2v) is 2.75. The highest BCUT2D eigenvalue weighted by atomic mass is 15.5. The Hall–Kier alpha value is -1.19. The van der Waals surface area contributed by atoms with Gasteiger partial charge in [0, 0.05) is 5.92 Å². The van der Waals surface area contributed by atoms with Gasteiger partial charge in [-0.15, -0.1) is 10.2 Å². The van der Waals surface area contributed by atoms with Crippen molar-refractivity contribution in [1.82, 2.24) is 20.6 Å². The minimum absolute atomic E-state index is 0.485. The van der Waals surface area contributed by atoms with E-state index in [-0.39, 0.29) is 0 Å². The molecule has 1 N–H and O–H groups in total. The van der Waals surface area contributed by atoms with E-state index in [9.17, 15) is 0 Å². The second kappa shape index (κ2) is 2.82. The predicted molar refractivity (Wildman–Crippen MR) is 39.9 cm³/mol. The number of allylic oxidation sites excluding steroid dienone is 2. The number of aromatic nitrogens is 4. The van der Waals surface area contributed by atoms with Crippen molar-refractivity contribution in [2.24, 2.45) is 0 Å². The number of nitrogens with zero attached hydrogens (tertiary/aromatic N) is 3. The van der Waals surface area contributed by atoms with Crippen LogP contribution in [0.2, 0.25) is 0 Å². The van der Waals surface area contributed by atoms with E-state index in [2.05, 4.69) is 32.8 Å². The molecule has 1 aliphatic rings. The lowest BCUT2D eigenvalue weighted by atomic mass is 9.94. The molecule has 0 spiro atoms. The Morgan fingerprint density at radius 3 is 3.09 bits per heavy atom. The van der Waals surface area contributed by atoms with Crippen LogP contribution in [0.4, 0.5) is 0 Å². The van der Waals surface area contributed by atoms with Gasteiger partial charge in [0.25, 0.3) is 0 Å². The molecule has 0 aromatic carbocycles. The maximum atomic E-state index is 3.96. The smallest absolute Gasteiger partial charge is 0.177 e. The molecule has 1 atom stereocenters. The van der Waals surface area contributed by atoms with Crippen LogP contribution in [0, 0.1) is 0 Å². The van der Waals surface area contributed by atoms with Gasteiger partial charge in [0.2, 0.25) is 0 Å². The van der Waals surface area contributed by atoms with Crippen LogP contribution in [0.5, 0.6) is 0 Å². The van der Waals surface area contributed by atoms with E-state index in [0.717, 1.165) is 25.1 Å². The van der Waals surface area contributed by atoms with Crippen molar-refractivity contribution in [3.8, 4) is 0 Å². The number of nitrogens with one attached hydrogen (secondary N) is 1. The van der Waals surface area contributed by atoms with Gasteiger partial charge in [-0.2, -0.15) is 5.21 Å². The first-order valence-corrected chi connectivity index (χ1v) is 3.85. The quantitative estimate of drug-likeness (QED) is 0.608. The molecule has 1 aliphatic carbocycles. The van der Waals surface area contributed by atoms with E-state index >= 15 is 0 Å². The summed E-state index contributed by atoms with van der Waals surface area (Å²) >= 11 is 0. The molecular formula is C7H10N4.